The van der Waals surface area contributed by atoms with Crippen LogP contribution in [0.15, 0.2) is 54.6 Å². The van der Waals surface area contributed by atoms with E-state index in [1.54, 1.807) is 24.1 Å². The van der Waals surface area contributed by atoms with Crippen LogP contribution in [-0.2, 0) is 4.74 Å². The van der Waals surface area contributed by atoms with Crippen molar-refractivity contribution in [3.8, 4) is 5.75 Å². The average Bonchev–Trinajstić information content (AvgIpc) is 2.76. The number of nitrogens with one attached hydrogen (secondary N) is 1. The fraction of sp³-hybridized carbons (Fsp3) is 0.409. The number of ether oxygens (including phenoxy) is 2. The molecule has 1 fully saturated rings. The highest BCUT2D eigenvalue weighted by Gasteiger charge is 2.21. The van der Waals surface area contributed by atoms with E-state index in [4.69, 9.17) is 9.47 Å². The summed E-state index contributed by atoms with van der Waals surface area (Å²) in [5, 5.41) is 3.14. The molecule has 1 atom stereocenters. The molecule has 2 aromatic carbocycles. The number of amides is 2. The van der Waals surface area contributed by atoms with E-state index in [2.05, 4.69) is 10.2 Å². The Balaban J connectivity index is 1.52. The minimum atomic E-state index is -0.305. The van der Waals surface area contributed by atoms with E-state index < -0.39 is 0 Å². The highest BCUT2D eigenvalue weighted by molar-refractivity contribution is 5.74. The predicted octanol–water partition coefficient (Wildman–Crippen LogP) is 2.92. The average molecular weight is 401 g/mol. The summed E-state index contributed by atoms with van der Waals surface area (Å²) in [5.74, 6) is 0.274. The van der Waals surface area contributed by atoms with Gasteiger partial charge in [0.25, 0.3) is 0 Å². The van der Waals surface area contributed by atoms with Gasteiger partial charge in [-0.3, -0.25) is 4.90 Å². The highest BCUT2D eigenvalue weighted by Crippen LogP contribution is 2.16. The zero-order chi connectivity index (χ0) is 20.5. The van der Waals surface area contributed by atoms with E-state index in [1.807, 2.05) is 30.3 Å². The second kappa shape index (κ2) is 10.8. The first kappa shape index (κ1) is 21.1. The quantitative estimate of drug-likeness (QED) is 0.739. The summed E-state index contributed by atoms with van der Waals surface area (Å²) in [6.07, 6.45) is 0. The van der Waals surface area contributed by atoms with Gasteiger partial charge in [-0.15, -0.1) is 0 Å². The standard InChI is InChI=1S/C22H28FN3O3/c1-25(11-16-29-20-9-7-19(23)8-10-20)22(27)24-21(18-5-3-2-4-6-18)17-26-12-14-28-15-13-26/h2-10,21H,11-17H2,1H3,(H,24,27). The van der Waals surface area contributed by atoms with E-state index >= 15 is 0 Å². The molecule has 0 aromatic heterocycles. The van der Waals surface area contributed by atoms with E-state index in [1.165, 1.54) is 12.1 Å². The molecule has 1 aliphatic heterocycles. The van der Waals surface area contributed by atoms with Gasteiger partial charge in [-0.25, -0.2) is 9.18 Å². The molecular formula is C22H28FN3O3. The van der Waals surface area contributed by atoms with Crippen molar-refractivity contribution in [3.63, 3.8) is 0 Å². The maximum absolute atomic E-state index is 12.9. The second-order valence-electron chi connectivity index (χ2n) is 7.05. The van der Waals surface area contributed by atoms with Gasteiger partial charge in [-0.1, -0.05) is 30.3 Å². The van der Waals surface area contributed by atoms with Gasteiger partial charge >= 0.3 is 6.03 Å². The van der Waals surface area contributed by atoms with Crippen LogP contribution in [0.4, 0.5) is 9.18 Å². The maximum Gasteiger partial charge on any atom is 0.317 e. The van der Waals surface area contributed by atoms with E-state index in [-0.39, 0.29) is 17.9 Å². The van der Waals surface area contributed by atoms with Crippen molar-refractivity contribution >= 4 is 6.03 Å². The number of nitrogens with zero attached hydrogens (tertiary/aromatic N) is 2. The summed E-state index contributed by atoms with van der Waals surface area (Å²) in [6, 6.07) is 15.6. The summed E-state index contributed by atoms with van der Waals surface area (Å²) in [5.41, 5.74) is 1.07. The van der Waals surface area contributed by atoms with Crippen LogP contribution in [0.25, 0.3) is 0 Å². The zero-order valence-electron chi connectivity index (χ0n) is 16.7. The topological polar surface area (TPSA) is 54.0 Å². The molecule has 1 N–H and O–H groups in total. The molecule has 0 aliphatic carbocycles. The lowest BCUT2D eigenvalue weighted by Gasteiger charge is -2.32. The maximum atomic E-state index is 12.9. The van der Waals surface area contributed by atoms with Gasteiger partial charge in [0.2, 0.25) is 0 Å². The Kier molecular flexibility index (Phi) is 7.84. The lowest BCUT2D eigenvalue weighted by Crippen LogP contribution is -2.46. The number of carbonyl (C=O) groups excluding carboxylic acids is 1. The normalized spacial score (nSPS) is 15.5. The molecule has 1 aliphatic rings. The first-order valence-electron chi connectivity index (χ1n) is 9.87. The second-order valence-corrected chi connectivity index (χ2v) is 7.05. The third-order valence-electron chi connectivity index (χ3n) is 4.90. The van der Waals surface area contributed by atoms with Crippen LogP contribution in [-0.4, -0.2) is 68.9 Å². The van der Waals surface area contributed by atoms with Crippen molar-refractivity contribution in [2.75, 3.05) is 53.0 Å². The fourth-order valence-electron chi connectivity index (χ4n) is 3.15. The smallest absolute Gasteiger partial charge is 0.317 e. The lowest BCUT2D eigenvalue weighted by atomic mass is 10.1. The molecule has 2 amide bonds. The monoisotopic (exact) mass is 401 g/mol. The van der Waals surface area contributed by atoms with Crippen molar-refractivity contribution < 1.29 is 18.7 Å². The van der Waals surface area contributed by atoms with Gasteiger partial charge in [-0.2, -0.15) is 0 Å². The van der Waals surface area contributed by atoms with Gasteiger partial charge in [0, 0.05) is 26.7 Å². The number of rotatable bonds is 8. The molecule has 3 rings (SSSR count). The fourth-order valence-corrected chi connectivity index (χ4v) is 3.15. The third kappa shape index (κ3) is 6.73. The first-order valence-corrected chi connectivity index (χ1v) is 9.87. The summed E-state index contributed by atoms with van der Waals surface area (Å²) < 4.78 is 23.9. The van der Waals surface area contributed by atoms with Crippen molar-refractivity contribution in [1.82, 2.24) is 15.1 Å². The van der Waals surface area contributed by atoms with Gasteiger partial charge in [0.05, 0.1) is 25.8 Å². The molecule has 1 unspecified atom stereocenters. The van der Waals surface area contributed by atoms with Gasteiger partial charge < -0.3 is 19.7 Å². The van der Waals surface area contributed by atoms with Gasteiger partial charge in [-0.05, 0) is 29.8 Å². The number of likely N-dealkylation sites (N-methyl/N-ethyl adjacent to an activating group) is 1. The molecule has 0 spiro atoms. The molecular weight excluding hydrogens is 373 g/mol. The Bertz CT molecular complexity index is 752. The van der Waals surface area contributed by atoms with Crippen molar-refractivity contribution in [3.05, 3.63) is 66.0 Å². The summed E-state index contributed by atoms with van der Waals surface area (Å²) in [6.45, 7) is 4.64. The van der Waals surface area contributed by atoms with Gasteiger partial charge in [0.15, 0.2) is 0 Å². The van der Waals surface area contributed by atoms with Crippen LogP contribution in [0, 0.1) is 5.82 Å². The van der Waals surface area contributed by atoms with E-state index in [9.17, 15) is 9.18 Å². The first-order chi connectivity index (χ1) is 14.1. The molecule has 7 heteroatoms. The number of carbonyl (C=O) groups is 1. The SMILES string of the molecule is CN(CCOc1ccc(F)cc1)C(=O)NC(CN1CCOCC1)c1ccccc1. The molecule has 29 heavy (non-hydrogen) atoms. The third-order valence-corrected chi connectivity index (χ3v) is 4.90. The van der Waals surface area contributed by atoms with Crippen molar-refractivity contribution in [2.24, 2.45) is 0 Å². The van der Waals surface area contributed by atoms with E-state index in [0.717, 1.165) is 38.4 Å². The van der Waals surface area contributed by atoms with E-state index in [0.29, 0.717) is 18.9 Å². The van der Waals surface area contributed by atoms with Crippen LogP contribution in [0.3, 0.4) is 0 Å². The Morgan fingerprint density at radius 2 is 1.86 bits per heavy atom. The van der Waals surface area contributed by atoms with Crippen LogP contribution in [0.5, 0.6) is 5.75 Å². The minimum absolute atomic E-state index is 0.109. The Labute approximate surface area is 171 Å². The molecule has 0 radical (unpaired) electrons. The molecule has 156 valence electrons. The number of urea groups is 1. The molecule has 1 heterocycles. The largest absolute Gasteiger partial charge is 0.492 e. The number of hydrogen-bond acceptors (Lipinski definition) is 4. The minimum Gasteiger partial charge on any atom is -0.492 e. The summed E-state index contributed by atoms with van der Waals surface area (Å²) in [4.78, 5) is 16.6. The zero-order valence-corrected chi connectivity index (χ0v) is 16.7. The number of halogens is 1. The van der Waals surface area contributed by atoms with Crippen molar-refractivity contribution in [1.29, 1.82) is 0 Å². The molecule has 1 saturated heterocycles. The molecule has 6 nitrogen and oxygen atoms in total. The predicted molar refractivity (Wildman–Crippen MR) is 109 cm³/mol. The molecule has 2 aromatic rings. The number of benzene rings is 2. The lowest BCUT2D eigenvalue weighted by molar-refractivity contribution is 0.0337. The Morgan fingerprint density at radius 1 is 1.17 bits per heavy atom. The van der Waals surface area contributed by atoms with Gasteiger partial charge in [0.1, 0.15) is 18.2 Å². The number of morpholine rings is 1. The molecule has 0 bridgehead atoms. The Morgan fingerprint density at radius 3 is 2.55 bits per heavy atom. The van der Waals surface area contributed by atoms with Crippen molar-refractivity contribution in [2.45, 2.75) is 6.04 Å². The van der Waals surface area contributed by atoms with Crippen LogP contribution in [0.1, 0.15) is 11.6 Å². The number of hydrogen-bond donors (Lipinski definition) is 1. The highest BCUT2D eigenvalue weighted by atomic mass is 19.1. The molecule has 0 saturated carbocycles. The van der Waals surface area contributed by atoms with Crippen LogP contribution >= 0.6 is 0 Å². The summed E-state index contributed by atoms with van der Waals surface area (Å²) >= 11 is 0. The van der Waals surface area contributed by atoms with Crippen LogP contribution < -0.4 is 10.1 Å². The Hall–Kier alpha value is -2.64. The summed E-state index contributed by atoms with van der Waals surface area (Å²) in [7, 11) is 1.74. The van der Waals surface area contributed by atoms with Crippen LogP contribution in [0.2, 0.25) is 0 Å².